The summed E-state index contributed by atoms with van der Waals surface area (Å²) in [7, 11) is 0. The van der Waals surface area contributed by atoms with Crippen LogP contribution in [0.5, 0.6) is 0 Å². The first kappa shape index (κ1) is 7.17. The second-order valence-electron chi connectivity index (χ2n) is 2.17. The smallest absolute Gasteiger partial charge is 0.258 e. The fraction of sp³-hybridized carbons (Fsp3) is 0. The highest BCUT2D eigenvalue weighted by molar-refractivity contribution is 7.14. The van der Waals surface area contributed by atoms with Crippen molar-refractivity contribution in [1.82, 2.24) is 9.38 Å². The average molecular weight is 180 g/mol. The molecule has 5 heteroatoms. The summed E-state index contributed by atoms with van der Waals surface area (Å²) < 4.78 is 1.24. The Morgan fingerprint density at radius 1 is 1.33 bits per heavy atom. The summed E-state index contributed by atoms with van der Waals surface area (Å²) in [5, 5.41) is 0. The van der Waals surface area contributed by atoms with Crippen LogP contribution in [0.3, 0.4) is 0 Å². The number of aromatic nitrogens is 2. The van der Waals surface area contributed by atoms with Crippen molar-refractivity contribution >= 4 is 16.3 Å². The quantitative estimate of drug-likeness (QED) is 0.578. The average Bonchev–Trinajstić information content (AvgIpc) is 2.04. The third-order valence-electron chi connectivity index (χ3n) is 1.40. The molecule has 4 nitrogen and oxygen atoms in total. The van der Waals surface area contributed by atoms with Gasteiger partial charge >= 0.3 is 0 Å². The molecule has 0 N–H and O–H groups in total. The van der Waals surface area contributed by atoms with Crippen molar-refractivity contribution < 1.29 is 0 Å². The number of fused-ring (bicyclic) bond motifs is 1. The molecule has 0 spiro atoms. The zero-order valence-corrected chi connectivity index (χ0v) is 6.75. The molecule has 0 fully saturated rings. The van der Waals surface area contributed by atoms with Gasteiger partial charge in [-0.05, 0) is 0 Å². The van der Waals surface area contributed by atoms with Crippen molar-refractivity contribution in [2.75, 3.05) is 0 Å². The molecule has 2 heterocycles. The lowest BCUT2D eigenvalue weighted by molar-refractivity contribution is 1.06. The summed E-state index contributed by atoms with van der Waals surface area (Å²) in [5.41, 5.74) is -0.170. The minimum Gasteiger partial charge on any atom is -0.278 e. The Balaban J connectivity index is 3.06. The van der Waals surface area contributed by atoms with E-state index in [1.165, 1.54) is 28.9 Å². The fourth-order valence-electron chi connectivity index (χ4n) is 0.874. The Kier molecular flexibility index (Phi) is 1.51. The highest BCUT2D eigenvalue weighted by Gasteiger charge is 1.95. The Hall–Kier alpha value is -1.49. The molecule has 0 unspecified atom stereocenters. The van der Waals surface area contributed by atoms with E-state index in [0.29, 0.717) is 4.96 Å². The van der Waals surface area contributed by atoms with Crippen LogP contribution in [0.1, 0.15) is 0 Å². The predicted molar refractivity (Wildman–Crippen MR) is 45.6 cm³/mol. The Morgan fingerprint density at radius 2 is 2.17 bits per heavy atom. The SMILES string of the molecule is O=c1ccn2c(=O)ccnc2s1. The molecule has 2 rings (SSSR count). The summed E-state index contributed by atoms with van der Waals surface area (Å²) in [4.78, 5) is 26.3. The summed E-state index contributed by atoms with van der Waals surface area (Å²) in [6, 6.07) is 2.70. The van der Waals surface area contributed by atoms with Gasteiger partial charge in [0.05, 0.1) is 0 Å². The van der Waals surface area contributed by atoms with Crippen molar-refractivity contribution in [2.45, 2.75) is 0 Å². The van der Waals surface area contributed by atoms with Crippen molar-refractivity contribution in [2.24, 2.45) is 0 Å². The molecule has 0 atom stereocenters. The van der Waals surface area contributed by atoms with Crippen LogP contribution in [-0.4, -0.2) is 9.38 Å². The van der Waals surface area contributed by atoms with Gasteiger partial charge in [0.25, 0.3) is 5.56 Å². The van der Waals surface area contributed by atoms with E-state index in [-0.39, 0.29) is 10.3 Å². The maximum Gasteiger partial charge on any atom is 0.258 e. The lowest BCUT2D eigenvalue weighted by Crippen LogP contribution is -2.13. The highest BCUT2D eigenvalue weighted by atomic mass is 32.1. The number of hydrogen-bond donors (Lipinski definition) is 0. The lowest BCUT2D eigenvalue weighted by atomic mass is 10.6. The van der Waals surface area contributed by atoms with Crippen molar-refractivity contribution in [3.8, 4) is 0 Å². The van der Waals surface area contributed by atoms with Crippen LogP contribution >= 0.6 is 11.3 Å². The summed E-state index contributed by atoms with van der Waals surface area (Å²) in [6.45, 7) is 0. The van der Waals surface area contributed by atoms with E-state index in [9.17, 15) is 9.59 Å². The van der Waals surface area contributed by atoms with Crippen molar-refractivity contribution in [3.05, 3.63) is 44.4 Å². The van der Waals surface area contributed by atoms with Crippen molar-refractivity contribution in [1.29, 1.82) is 0 Å². The minimum atomic E-state index is -0.170. The van der Waals surface area contributed by atoms with Gasteiger partial charge in [0.2, 0.25) is 4.74 Å². The van der Waals surface area contributed by atoms with Gasteiger partial charge in [-0.1, -0.05) is 11.3 Å². The highest BCUT2D eigenvalue weighted by Crippen LogP contribution is 1.95. The zero-order chi connectivity index (χ0) is 8.55. The molecule has 0 bridgehead atoms. The second-order valence-corrected chi connectivity index (χ2v) is 3.14. The molecule has 2 aromatic heterocycles. The number of hydrogen-bond acceptors (Lipinski definition) is 4. The summed E-state index contributed by atoms with van der Waals surface area (Å²) in [5.74, 6) is 0. The molecule has 2 aromatic rings. The van der Waals surface area contributed by atoms with Crippen LogP contribution in [0.4, 0.5) is 0 Å². The maximum atomic E-state index is 11.1. The second kappa shape index (κ2) is 2.53. The summed E-state index contributed by atoms with van der Waals surface area (Å²) >= 11 is 0.952. The minimum absolute atomic E-state index is 0.104. The van der Waals surface area contributed by atoms with Crippen LogP contribution in [0.2, 0.25) is 0 Å². The molecule has 0 aliphatic rings. The monoisotopic (exact) mass is 180 g/mol. The van der Waals surface area contributed by atoms with E-state index in [0.717, 1.165) is 11.3 Å². The maximum absolute atomic E-state index is 11.1. The zero-order valence-electron chi connectivity index (χ0n) is 5.93. The molecule has 0 saturated carbocycles. The fourth-order valence-corrected chi connectivity index (χ4v) is 1.55. The van der Waals surface area contributed by atoms with Crippen LogP contribution in [0.15, 0.2) is 34.1 Å². The molecule has 0 amide bonds. The van der Waals surface area contributed by atoms with Crippen LogP contribution in [0.25, 0.3) is 4.96 Å². The lowest BCUT2D eigenvalue weighted by Gasteiger charge is -1.93. The van der Waals surface area contributed by atoms with E-state index in [2.05, 4.69) is 4.98 Å². The van der Waals surface area contributed by atoms with Gasteiger partial charge in [0, 0.05) is 24.5 Å². The van der Waals surface area contributed by atoms with Gasteiger partial charge in [-0.15, -0.1) is 0 Å². The standard InChI is InChI=1S/C7H4N2O2S/c10-5-1-3-8-7-9(5)4-2-6(11)12-7/h1-4H. The first-order valence-electron chi connectivity index (χ1n) is 3.25. The van der Waals surface area contributed by atoms with E-state index in [1.54, 1.807) is 0 Å². The van der Waals surface area contributed by atoms with E-state index in [1.807, 2.05) is 0 Å². The van der Waals surface area contributed by atoms with E-state index >= 15 is 0 Å². The predicted octanol–water partition coefficient (Wildman–Crippen LogP) is 0.116. The van der Waals surface area contributed by atoms with Crippen LogP contribution in [-0.2, 0) is 0 Å². The van der Waals surface area contributed by atoms with Gasteiger partial charge < -0.3 is 0 Å². The molecular weight excluding hydrogens is 176 g/mol. The van der Waals surface area contributed by atoms with Gasteiger partial charge in [-0.3, -0.25) is 14.0 Å². The van der Waals surface area contributed by atoms with Gasteiger partial charge in [-0.25, -0.2) is 4.98 Å². The normalized spacial score (nSPS) is 10.3. The van der Waals surface area contributed by atoms with Crippen LogP contribution in [0, 0.1) is 0 Å². The molecule has 60 valence electrons. The summed E-state index contributed by atoms with van der Waals surface area (Å²) in [6.07, 6.45) is 2.83. The van der Waals surface area contributed by atoms with Crippen LogP contribution < -0.4 is 10.3 Å². The molecule has 0 aromatic carbocycles. The van der Waals surface area contributed by atoms with Gasteiger partial charge in [0.1, 0.15) is 0 Å². The molecule has 0 saturated heterocycles. The molecular formula is C7H4N2O2S. The first-order chi connectivity index (χ1) is 5.77. The molecule has 12 heavy (non-hydrogen) atoms. The third kappa shape index (κ3) is 1.04. The Bertz CT molecular complexity index is 528. The van der Waals surface area contributed by atoms with Gasteiger partial charge in [-0.2, -0.15) is 0 Å². The van der Waals surface area contributed by atoms with Crippen molar-refractivity contribution in [3.63, 3.8) is 0 Å². The molecule has 0 aliphatic carbocycles. The van der Waals surface area contributed by atoms with Gasteiger partial charge in [0.15, 0.2) is 4.96 Å². The molecule has 0 radical (unpaired) electrons. The third-order valence-corrected chi connectivity index (χ3v) is 2.22. The Morgan fingerprint density at radius 3 is 3.00 bits per heavy atom. The topological polar surface area (TPSA) is 51.4 Å². The van der Waals surface area contributed by atoms with E-state index < -0.39 is 0 Å². The first-order valence-corrected chi connectivity index (χ1v) is 4.06. The number of nitrogens with zero attached hydrogens (tertiary/aromatic N) is 2. The number of rotatable bonds is 0. The largest absolute Gasteiger partial charge is 0.278 e. The molecule has 0 aliphatic heterocycles. The Labute approximate surface area is 70.8 Å². The van der Waals surface area contributed by atoms with E-state index in [4.69, 9.17) is 0 Å².